The molecule has 36 heavy (non-hydrogen) atoms. The molecule has 0 saturated heterocycles. The van der Waals surface area contributed by atoms with E-state index >= 15 is 0 Å². The number of halogens is 2. The number of ether oxygens (including phenoxy) is 1. The van der Waals surface area contributed by atoms with Gasteiger partial charge in [0.05, 0.1) is 29.3 Å². The number of rotatable bonds is 8. The van der Waals surface area contributed by atoms with Crippen molar-refractivity contribution in [1.29, 1.82) is 10.5 Å². The maximum absolute atomic E-state index is 14.3. The molecule has 4 rings (SSSR count). The summed E-state index contributed by atoms with van der Waals surface area (Å²) in [6.07, 6.45) is 10.0. The Balaban J connectivity index is 1.40. The predicted molar refractivity (Wildman–Crippen MR) is 128 cm³/mol. The Bertz CT molecular complexity index is 1370. The van der Waals surface area contributed by atoms with E-state index in [1.165, 1.54) is 12.1 Å². The highest BCUT2D eigenvalue weighted by Crippen LogP contribution is 2.32. The van der Waals surface area contributed by atoms with Gasteiger partial charge in [0.2, 0.25) is 5.82 Å². The van der Waals surface area contributed by atoms with Gasteiger partial charge in [-0.25, -0.2) is 14.4 Å². The van der Waals surface area contributed by atoms with E-state index in [9.17, 15) is 14.0 Å². The van der Waals surface area contributed by atoms with Gasteiger partial charge in [0.25, 0.3) is 5.88 Å². The van der Waals surface area contributed by atoms with E-state index in [0.717, 1.165) is 49.3 Å². The van der Waals surface area contributed by atoms with Crippen molar-refractivity contribution < 1.29 is 13.5 Å². The average Bonchev–Trinajstić information content (AvgIpc) is 3.30. The van der Waals surface area contributed by atoms with Crippen molar-refractivity contribution in [3.05, 3.63) is 77.3 Å². The normalized spacial score (nSPS) is 15.6. The molecule has 1 atom stereocenters. The predicted octanol–water partition coefficient (Wildman–Crippen LogP) is 5.38. The summed E-state index contributed by atoms with van der Waals surface area (Å²) < 4.78 is 35.9. The second kappa shape index (κ2) is 10.7. The van der Waals surface area contributed by atoms with Crippen LogP contribution in [0.1, 0.15) is 55.9 Å². The molecule has 0 spiro atoms. The highest BCUT2D eigenvalue weighted by Gasteiger charge is 2.23. The minimum atomic E-state index is -0.728. The molecule has 1 aliphatic rings. The van der Waals surface area contributed by atoms with Gasteiger partial charge in [-0.05, 0) is 56.7 Å². The Kier molecular flexibility index (Phi) is 7.40. The van der Waals surface area contributed by atoms with Crippen LogP contribution in [0.15, 0.2) is 42.9 Å². The van der Waals surface area contributed by atoms with Crippen molar-refractivity contribution in [3.63, 3.8) is 0 Å². The number of hydrogen-bond donors (Lipinski definition) is 0. The molecule has 9 heteroatoms. The molecule has 2 aromatic heterocycles. The van der Waals surface area contributed by atoms with Crippen molar-refractivity contribution in [2.24, 2.45) is 11.3 Å². The monoisotopic (exact) mass is 488 g/mol. The zero-order valence-corrected chi connectivity index (χ0v) is 20.2. The van der Waals surface area contributed by atoms with Gasteiger partial charge < -0.3 is 9.30 Å². The van der Waals surface area contributed by atoms with Crippen molar-refractivity contribution >= 4 is 5.57 Å². The number of benzene rings is 1. The van der Waals surface area contributed by atoms with E-state index in [0.29, 0.717) is 18.3 Å². The lowest BCUT2D eigenvalue weighted by Crippen LogP contribution is -2.20. The molecule has 2 heterocycles. The molecule has 7 nitrogen and oxygen atoms in total. The highest BCUT2D eigenvalue weighted by atomic mass is 19.1. The van der Waals surface area contributed by atoms with Crippen LogP contribution >= 0.6 is 0 Å². The van der Waals surface area contributed by atoms with Gasteiger partial charge in [0, 0.05) is 30.9 Å². The Morgan fingerprint density at radius 2 is 2.03 bits per heavy atom. The van der Waals surface area contributed by atoms with Crippen molar-refractivity contribution in [3.8, 4) is 18.0 Å². The van der Waals surface area contributed by atoms with Crippen molar-refractivity contribution in [2.45, 2.75) is 52.7 Å². The summed E-state index contributed by atoms with van der Waals surface area (Å²) >= 11 is 0. The third-order valence-corrected chi connectivity index (χ3v) is 6.21. The molecule has 1 aromatic carbocycles. The number of imidazole rings is 1. The molecule has 0 saturated carbocycles. The first-order valence-electron chi connectivity index (χ1n) is 11.7. The Labute approximate surface area is 208 Å². The average molecular weight is 489 g/mol. The van der Waals surface area contributed by atoms with E-state index in [2.05, 4.69) is 27.1 Å². The highest BCUT2D eigenvalue weighted by molar-refractivity contribution is 5.60. The van der Waals surface area contributed by atoms with Crippen LogP contribution in [-0.2, 0) is 19.6 Å². The third kappa shape index (κ3) is 5.92. The van der Waals surface area contributed by atoms with Crippen LogP contribution in [0.25, 0.3) is 5.57 Å². The Morgan fingerprint density at radius 1 is 1.19 bits per heavy atom. The molecule has 0 aliphatic heterocycles. The van der Waals surface area contributed by atoms with Crippen molar-refractivity contribution in [1.82, 2.24) is 19.5 Å². The van der Waals surface area contributed by atoms with E-state index in [1.54, 1.807) is 6.20 Å². The maximum Gasteiger partial charge on any atom is 0.254 e. The Morgan fingerprint density at radius 3 is 2.72 bits per heavy atom. The van der Waals surface area contributed by atoms with Crippen LogP contribution < -0.4 is 4.74 Å². The van der Waals surface area contributed by atoms with Gasteiger partial charge in [-0.15, -0.1) is 0 Å². The molecule has 0 N–H and O–H groups in total. The molecular formula is C27H26F2N6O. The van der Waals surface area contributed by atoms with E-state index in [1.807, 2.05) is 30.7 Å². The van der Waals surface area contributed by atoms with Crippen LogP contribution in [0.3, 0.4) is 0 Å². The standard InChI is InChI=1S/C27H26F2N6O/c1-27(2,16-31)17-35-10-9-32-24(35)12-18-3-6-20(7-4-18)25-33-14-23(29)26(34-25)36-15-21-8-5-19(13-30)11-22(21)28/h5-6,8-11,14,18H,3-4,7,12,15,17H2,1-2H3. The second-order valence-corrected chi connectivity index (χ2v) is 9.59. The molecular weight excluding hydrogens is 462 g/mol. The Hall–Kier alpha value is -4.11. The molecule has 0 bridgehead atoms. The van der Waals surface area contributed by atoms with E-state index in [4.69, 9.17) is 10.00 Å². The second-order valence-electron chi connectivity index (χ2n) is 9.59. The maximum atomic E-state index is 14.3. The molecule has 3 aromatic rings. The lowest BCUT2D eigenvalue weighted by Gasteiger charge is -2.23. The van der Waals surface area contributed by atoms with Gasteiger partial charge in [-0.1, -0.05) is 12.1 Å². The first-order valence-corrected chi connectivity index (χ1v) is 11.7. The van der Waals surface area contributed by atoms with Gasteiger partial charge >= 0.3 is 0 Å². The van der Waals surface area contributed by atoms with Crippen LogP contribution in [0, 0.1) is 45.6 Å². The summed E-state index contributed by atoms with van der Waals surface area (Å²) in [6.45, 7) is 4.19. The lowest BCUT2D eigenvalue weighted by atomic mass is 9.86. The zero-order valence-electron chi connectivity index (χ0n) is 20.2. The number of hydrogen-bond acceptors (Lipinski definition) is 6. The summed E-state index contributed by atoms with van der Waals surface area (Å²) in [6, 6.07) is 8.22. The van der Waals surface area contributed by atoms with Gasteiger partial charge in [-0.3, -0.25) is 0 Å². The lowest BCUT2D eigenvalue weighted by molar-refractivity contribution is 0.270. The van der Waals surface area contributed by atoms with Gasteiger partial charge in [-0.2, -0.15) is 19.9 Å². The number of nitriles is 2. The summed E-state index contributed by atoms with van der Waals surface area (Å²) in [5.41, 5.74) is 0.837. The summed E-state index contributed by atoms with van der Waals surface area (Å²) in [5, 5.41) is 18.2. The fourth-order valence-corrected chi connectivity index (χ4v) is 4.16. The third-order valence-electron chi connectivity index (χ3n) is 6.21. The SMILES string of the molecule is CC(C)(C#N)Cn1ccnc1CC1CC=C(c2ncc(F)c(OCc3ccc(C#N)cc3F)n2)CC1. The van der Waals surface area contributed by atoms with E-state index in [-0.39, 0.29) is 23.6 Å². The first kappa shape index (κ1) is 25.0. The summed E-state index contributed by atoms with van der Waals surface area (Å²) in [7, 11) is 0. The molecule has 1 unspecified atom stereocenters. The largest absolute Gasteiger partial charge is 0.471 e. The molecule has 0 amide bonds. The minimum Gasteiger partial charge on any atom is -0.471 e. The topological polar surface area (TPSA) is 100 Å². The zero-order chi connectivity index (χ0) is 25.7. The molecule has 1 aliphatic carbocycles. The fraction of sp³-hybridized carbons (Fsp3) is 0.370. The van der Waals surface area contributed by atoms with Crippen LogP contribution in [0.2, 0.25) is 0 Å². The fourth-order valence-electron chi connectivity index (χ4n) is 4.16. The number of allylic oxidation sites excluding steroid dienone is 2. The summed E-state index contributed by atoms with van der Waals surface area (Å²) in [5.74, 6) is 0.173. The minimum absolute atomic E-state index is 0.198. The first-order chi connectivity index (χ1) is 17.3. The van der Waals surface area contributed by atoms with Crippen LogP contribution in [-0.4, -0.2) is 19.5 Å². The van der Waals surface area contributed by atoms with E-state index < -0.39 is 17.0 Å². The van der Waals surface area contributed by atoms with Crippen LogP contribution in [0.4, 0.5) is 8.78 Å². The number of aromatic nitrogens is 4. The number of nitrogens with zero attached hydrogens (tertiary/aromatic N) is 6. The smallest absolute Gasteiger partial charge is 0.254 e. The molecule has 184 valence electrons. The van der Waals surface area contributed by atoms with Gasteiger partial charge in [0.15, 0.2) is 5.82 Å². The van der Waals surface area contributed by atoms with Crippen molar-refractivity contribution in [2.75, 3.05) is 0 Å². The van der Waals surface area contributed by atoms with Crippen LogP contribution in [0.5, 0.6) is 5.88 Å². The molecule has 0 fully saturated rings. The van der Waals surface area contributed by atoms with Gasteiger partial charge in [0.1, 0.15) is 18.2 Å². The quantitative estimate of drug-likeness (QED) is 0.422. The summed E-state index contributed by atoms with van der Waals surface area (Å²) in [4.78, 5) is 12.9. The molecule has 0 radical (unpaired) electrons.